The molecule has 2 unspecified atom stereocenters. The molecule has 5 rings (SSSR count). The van der Waals surface area contributed by atoms with Gasteiger partial charge in [-0.2, -0.15) is 0 Å². The maximum absolute atomic E-state index is 14.0. The van der Waals surface area contributed by atoms with E-state index in [1.807, 2.05) is 73.7 Å². The highest BCUT2D eigenvalue weighted by Gasteiger charge is 2.36. The molecule has 2 N–H and O–H groups in total. The molecule has 2 heterocycles. The van der Waals surface area contributed by atoms with Crippen molar-refractivity contribution < 1.29 is 19.7 Å². The van der Waals surface area contributed by atoms with E-state index in [-0.39, 0.29) is 29.7 Å². The van der Waals surface area contributed by atoms with Crippen LogP contribution in [0.5, 0.6) is 0 Å². The highest BCUT2D eigenvalue weighted by atomic mass is 17.1. The van der Waals surface area contributed by atoms with Crippen molar-refractivity contribution in [2.75, 3.05) is 0 Å². The molecule has 0 radical (unpaired) electrons. The first kappa shape index (κ1) is 30.8. The van der Waals surface area contributed by atoms with Crippen LogP contribution < -0.4 is 0 Å². The van der Waals surface area contributed by atoms with Crippen LogP contribution in [0.4, 0.5) is 0 Å². The summed E-state index contributed by atoms with van der Waals surface area (Å²) in [7, 11) is 0. The number of benzene rings is 2. The average molecular weight is 590 g/mol. The number of esters is 1. The molecule has 2 aromatic carbocycles. The molecule has 0 saturated heterocycles. The lowest BCUT2D eigenvalue weighted by molar-refractivity contribution is -0.204. The van der Waals surface area contributed by atoms with E-state index in [0.29, 0.717) is 58.4 Å². The predicted octanol–water partition coefficient (Wildman–Crippen LogP) is 9.13. The number of ether oxygens (including phenoxy) is 1. The van der Waals surface area contributed by atoms with Crippen molar-refractivity contribution in [3.63, 3.8) is 0 Å². The number of aliphatic imine (C=N–C) groups is 1. The van der Waals surface area contributed by atoms with Gasteiger partial charge in [0.1, 0.15) is 11.9 Å². The summed E-state index contributed by atoms with van der Waals surface area (Å²) in [6.45, 7) is 20.2. The number of rotatable bonds is 9. The van der Waals surface area contributed by atoms with Crippen molar-refractivity contribution >= 4 is 23.3 Å². The van der Waals surface area contributed by atoms with Crippen molar-refractivity contribution in [3.8, 4) is 11.1 Å². The number of allylic oxidation sites excluding steroid dienone is 3. The zero-order valence-electron chi connectivity index (χ0n) is 25.8. The number of nitrogens with zero attached hydrogens (tertiary/aromatic N) is 2. The van der Waals surface area contributed by atoms with Gasteiger partial charge in [0.15, 0.2) is 0 Å². The second-order valence-corrected chi connectivity index (χ2v) is 12.1. The molecule has 2 aliphatic rings. The van der Waals surface area contributed by atoms with Gasteiger partial charge in [0.2, 0.25) is 5.70 Å². The number of hydrogen-bond acceptors (Lipinski definition) is 5. The molecule has 0 amide bonds. The van der Waals surface area contributed by atoms with E-state index in [0.717, 1.165) is 29.5 Å². The number of hydrogen-bond donors (Lipinski definition) is 2. The third kappa shape index (κ3) is 6.31. The summed E-state index contributed by atoms with van der Waals surface area (Å²) in [6, 6.07) is 19.5. The van der Waals surface area contributed by atoms with E-state index >= 15 is 0 Å². The highest BCUT2D eigenvalue weighted by Crippen LogP contribution is 2.41. The van der Waals surface area contributed by atoms with Crippen LogP contribution in [0.15, 0.2) is 89.4 Å². The van der Waals surface area contributed by atoms with Gasteiger partial charge in [-0.05, 0) is 61.1 Å². The minimum Gasteiger partial charge on any atom is -0.458 e. The molecule has 0 bridgehead atoms. The largest absolute Gasteiger partial charge is 0.458 e. The Bertz CT molecular complexity index is 1660. The Kier molecular flexibility index (Phi) is 9.32. The van der Waals surface area contributed by atoms with E-state index < -0.39 is 0 Å². The van der Waals surface area contributed by atoms with Crippen LogP contribution in [0, 0.1) is 31.2 Å². The van der Waals surface area contributed by atoms with Crippen molar-refractivity contribution in [1.82, 2.24) is 4.98 Å². The lowest BCUT2D eigenvalue weighted by atomic mass is 9.75. The molecule has 7 nitrogen and oxygen atoms in total. The quantitative estimate of drug-likeness (QED) is 0.0856. The normalized spacial score (nSPS) is 22.5. The van der Waals surface area contributed by atoms with E-state index in [2.05, 4.69) is 42.1 Å². The van der Waals surface area contributed by atoms with Crippen molar-refractivity contribution in [1.29, 1.82) is 0 Å². The Morgan fingerprint density at radius 2 is 1.68 bits per heavy atom. The molecule has 1 aromatic heterocycles. The summed E-state index contributed by atoms with van der Waals surface area (Å²) in [6.07, 6.45) is 4.52. The van der Waals surface area contributed by atoms with Gasteiger partial charge in [0, 0.05) is 34.7 Å². The van der Waals surface area contributed by atoms with E-state index in [1.54, 1.807) is 0 Å². The molecule has 0 spiro atoms. The lowest BCUT2D eigenvalue weighted by Crippen LogP contribution is -2.37. The van der Waals surface area contributed by atoms with Crippen LogP contribution in [-0.2, 0) is 9.62 Å². The zero-order chi connectivity index (χ0) is 31.4. The van der Waals surface area contributed by atoms with Crippen molar-refractivity contribution in [2.24, 2.45) is 22.7 Å². The van der Waals surface area contributed by atoms with Gasteiger partial charge >= 0.3 is 5.97 Å². The first-order chi connectivity index (χ1) is 21.2. The molecule has 226 valence electrons. The molecular formula is C37H39N3O4. The van der Waals surface area contributed by atoms with Gasteiger partial charge in [-0.1, -0.05) is 88.0 Å². The number of aryl methyl sites for hydroxylation is 1. The Morgan fingerprint density at radius 1 is 1.07 bits per heavy atom. The smallest absolute Gasteiger partial charge is 0.340 e. The number of H-pyrrole nitrogens is 1. The number of aromatic nitrogens is 1. The molecule has 2 atom stereocenters. The van der Waals surface area contributed by atoms with Gasteiger partial charge in [-0.15, -0.1) is 0 Å². The van der Waals surface area contributed by atoms with Crippen molar-refractivity contribution in [2.45, 2.75) is 59.5 Å². The molecule has 1 aliphatic heterocycles. The van der Waals surface area contributed by atoms with Crippen LogP contribution in [0.2, 0.25) is 0 Å². The van der Waals surface area contributed by atoms with Crippen LogP contribution in [-0.4, -0.2) is 28.0 Å². The van der Waals surface area contributed by atoms with E-state index in [1.165, 1.54) is 0 Å². The van der Waals surface area contributed by atoms with Gasteiger partial charge in [-0.3, -0.25) is 4.99 Å². The number of carbonyl (C=O) groups is 1. The first-order valence-corrected chi connectivity index (χ1v) is 15.2. The van der Waals surface area contributed by atoms with Gasteiger partial charge in [0.05, 0.1) is 17.8 Å². The Labute approximate surface area is 259 Å². The Morgan fingerprint density at radius 3 is 2.27 bits per heavy atom. The minimum atomic E-state index is -0.334. The third-order valence-electron chi connectivity index (χ3n) is 8.64. The number of carbonyl (C=O) groups excluding carboxylic acids is 1. The second-order valence-electron chi connectivity index (χ2n) is 12.1. The first-order valence-electron chi connectivity index (χ1n) is 15.2. The molecule has 3 aromatic rings. The monoisotopic (exact) mass is 589 g/mol. The maximum atomic E-state index is 14.0. The number of nitrogens with one attached hydrogen (secondary N) is 1. The summed E-state index contributed by atoms with van der Waals surface area (Å²) in [4.78, 5) is 30.5. The van der Waals surface area contributed by atoms with Crippen LogP contribution in [0.1, 0.15) is 73.8 Å². The van der Waals surface area contributed by atoms with Crippen molar-refractivity contribution in [3.05, 3.63) is 118 Å². The fourth-order valence-corrected chi connectivity index (χ4v) is 6.78. The van der Waals surface area contributed by atoms with Gasteiger partial charge in [0.25, 0.3) is 0 Å². The maximum Gasteiger partial charge on any atom is 0.340 e. The fraction of sp³-hybridized carbons (Fsp3) is 0.324. The standard InChI is InChI=1S/C37H39N3O4/c1-22-19-23(2)36(24(3)20-22)43-37(41)32-26(5)39-30(33(32)27-13-9-7-10-14-27)21-31-34(28-15-11-8-12-16-28)35(38-6)29(40-31)18-17-25(4)44-42/h7-16,21-24,36,39,42H,4,17-20H2,1-3,5H3. The summed E-state index contributed by atoms with van der Waals surface area (Å²) in [5.74, 6) is 1.03. The molecule has 44 heavy (non-hydrogen) atoms. The zero-order valence-corrected chi connectivity index (χ0v) is 25.8. The third-order valence-corrected chi connectivity index (χ3v) is 8.64. The Balaban J connectivity index is 1.63. The summed E-state index contributed by atoms with van der Waals surface area (Å²) in [5.41, 5.74) is 6.74. The second kappa shape index (κ2) is 13.3. The molecule has 1 saturated carbocycles. The van der Waals surface area contributed by atoms with Crippen LogP contribution >= 0.6 is 0 Å². The molecule has 7 heteroatoms. The van der Waals surface area contributed by atoms with E-state index in [9.17, 15) is 4.79 Å². The predicted molar refractivity (Wildman–Crippen MR) is 174 cm³/mol. The fourth-order valence-electron chi connectivity index (χ4n) is 6.78. The SMILES string of the molecule is [C-]#[N+]C1=C(c2ccccc2)C(=Cc2[nH]c(C)c(C(=O)OC3C(C)CC(C)CC3C)c2-c2ccccc2)N=C1CCC(=C)OO. The minimum absolute atomic E-state index is 0.146. The Hall–Kier alpha value is -4.67. The summed E-state index contributed by atoms with van der Waals surface area (Å²) < 4.78 is 6.29. The van der Waals surface area contributed by atoms with E-state index in [4.69, 9.17) is 21.6 Å². The van der Waals surface area contributed by atoms with Crippen LogP contribution in [0.25, 0.3) is 27.6 Å². The van der Waals surface area contributed by atoms with Gasteiger partial charge < -0.3 is 14.6 Å². The molecule has 1 aliphatic carbocycles. The topological polar surface area (TPSA) is 88.3 Å². The lowest BCUT2D eigenvalue weighted by Gasteiger charge is -2.37. The average Bonchev–Trinajstić information content (AvgIpc) is 3.54. The van der Waals surface area contributed by atoms with Crippen LogP contribution in [0.3, 0.4) is 0 Å². The highest BCUT2D eigenvalue weighted by molar-refractivity contribution is 6.16. The molecular weight excluding hydrogens is 550 g/mol. The summed E-state index contributed by atoms with van der Waals surface area (Å²) in [5, 5.41) is 9.00. The van der Waals surface area contributed by atoms with Gasteiger partial charge in [-0.25, -0.2) is 14.9 Å². The molecule has 1 fully saturated rings. The number of aromatic amines is 1. The summed E-state index contributed by atoms with van der Waals surface area (Å²) >= 11 is 0.